The number of phenols is 1. The van der Waals surface area contributed by atoms with Crippen LogP contribution in [0, 0.1) is 0 Å². The fraction of sp³-hybridized carbons (Fsp3) is 0.222. The van der Waals surface area contributed by atoms with Gasteiger partial charge in [0.05, 0.1) is 10.6 Å². The highest BCUT2D eigenvalue weighted by Crippen LogP contribution is 2.32. The summed E-state index contributed by atoms with van der Waals surface area (Å²) in [5, 5.41) is 9.09. The number of hydrogen-bond acceptors (Lipinski definition) is 2. The fourth-order valence-electron chi connectivity index (χ4n) is 1.09. The van der Waals surface area contributed by atoms with E-state index in [2.05, 4.69) is 0 Å². The molecule has 0 aromatic heterocycles. The number of alkyl halides is 2. The smallest absolute Gasteiger partial charge is 0.264 e. The Kier molecular flexibility index (Phi) is 3.06. The molecule has 0 atom stereocenters. The highest BCUT2D eigenvalue weighted by Gasteiger charge is 2.16. The minimum Gasteiger partial charge on any atom is -0.507 e. The van der Waals surface area contributed by atoms with Crippen molar-refractivity contribution >= 4 is 17.4 Å². The number of Topliss-reactive ketones (excluding diaryl/α,β-unsaturated/α-hetero) is 1. The predicted molar refractivity (Wildman–Crippen MR) is 48.1 cm³/mol. The van der Waals surface area contributed by atoms with Gasteiger partial charge in [0.15, 0.2) is 5.78 Å². The number of hydrogen-bond donors (Lipinski definition) is 1. The van der Waals surface area contributed by atoms with Crippen molar-refractivity contribution in [3.63, 3.8) is 0 Å². The predicted octanol–water partition coefficient (Wildman–Crippen LogP) is 3.19. The molecule has 14 heavy (non-hydrogen) atoms. The Hall–Kier alpha value is -1.16. The molecule has 0 saturated heterocycles. The van der Waals surface area contributed by atoms with Gasteiger partial charge in [0.1, 0.15) is 5.75 Å². The van der Waals surface area contributed by atoms with Gasteiger partial charge in [0, 0.05) is 5.56 Å². The molecular formula is C9H7ClF2O2. The molecule has 1 aromatic rings. The zero-order chi connectivity index (χ0) is 10.9. The summed E-state index contributed by atoms with van der Waals surface area (Å²) in [7, 11) is 0. The van der Waals surface area contributed by atoms with Crippen molar-refractivity contribution in [1.29, 1.82) is 0 Å². The minimum atomic E-state index is -2.72. The number of aromatic hydroxyl groups is 1. The maximum absolute atomic E-state index is 12.2. The van der Waals surface area contributed by atoms with Crippen LogP contribution in [0.1, 0.15) is 29.3 Å². The highest BCUT2D eigenvalue weighted by atomic mass is 35.5. The van der Waals surface area contributed by atoms with Gasteiger partial charge in [0.2, 0.25) is 0 Å². The fourth-order valence-corrected chi connectivity index (χ4v) is 1.44. The summed E-state index contributed by atoms with van der Waals surface area (Å²) in [6.07, 6.45) is -2.72. The van der Waals surface area contributed by atoms with Crippen LogP contribution in [-0.2, 0) is 0 Å². The Labute approximate surface area is 84.1 Å². The zero-order valence-electron chi connectivity index (χ0n) is 7.22. The minimum absolute atomic E-state index is 0.129. The molecule has 0 fully saturated rings. The lowest BCUT2D eigenvalue weighted by atomic mass is 10.1. The third kappa shape index (κ3) is 2.01. The number of halogens is 3. The zero-order valence-corrected chi connectivity index (χ0v) is 7.98. The first kappa shape index (κ1) is 10.9. The van der Waals surface area contributed by atoms with E-state index in [-0.39, 0.29) is 10.6 Å². The van der Waals surface area contributed by atoms with Gasteiger partial charge in [-0.2, -0.15) is 0 Å². The van der Waals surface area contributed by atoms with Crippen molar-refractivity contribution in [3.05, 3.63) is 28.3 Å². The SMILES string of the molecule is CC(=O)c1c(O)cc(C(F)F)cc1Cl. The summed E-state index contributed by atoms with van der Waals surface area (Å²) >= 11 is 5.56. The van der Waals surface area contributed by atoms with E-state index >= 15 is 0 Å². The lowest BCUT2D eigenvalue weighted by Gasteiger charge is -2.06. The van der Waals surface area contributed by atoms with E-state index in [0.717, 1.165) is 12.1 Å². The average molecular weight is 221 g/mol. The quantitative estimate of drug-likeness (QED) is 0.778. The molecule has 1 rings (SSSR count). The molecule has 0 radical (unpaired) electrons. The van der Waals surface area contributed by atoms with E-state index in [1.54, 1.807) is 0 Å². The molecule has 5 heteroatoms. The lowest BCUT2D eigenvalue weighted by molar-refractivity contribution is 0.101. The maximum Gasteiger partial charge on any atom is 0.264 e. The molecule has 0 saturated carbocycles. The van der Waals surface area contributed by atoms with Gasteiger partial charge >= 0.3 is 0 Å². The van der Waals surface area contributed by atoms with Crippen LogP contribution < -0.4 is 0 Å². The molecular weight excluding hydrogens is 214 g/mol. The van der Waals surface area contributed by atoms with Gasteiger partial charge in [0.25, 0.3) is 6.43 Å². The standard InChI is InChI=1S/C9H7ClF2O2/c1-4(13)8-6(10)2-5(9(11)12)3-7(8)14/h2-3,9,14H,1H3. The molecule has 0 aliphatic carbocycles. The maximum atomic E-state index is 12.2. The topological polar surface area (TPSA) is 37.3 Å². The lowest BCUT2D eigenvalue weighted by Crippen LogP contribution is -1.96. The number of phenolic OH excluding ortho intramolecular Hbond substituents is 1. The second kappa shape index (κ2) is 3.92. The Morgan fingerprint density at radius 1 is 1.50 bits per heavy atom. The van der Waals surface area contributed by atoms with E-state index in [4.69, 9.17) is 11.6 Å². The van der Waals surface area contributed by atoms with Gasteiger partial charge in [-0.05, 0) is 19.1 Å². The number of carbonyl (C=O) groups excluding carboxylic acids is 1. The summed E-state index contributed by atoms with van der Waals surface area (Å²) in [5.74, 6) is -0.978. The summed E-state index contributed by atoms with van der Waals surface area (Å²) < 4.78 is 24.4. The van der Waals surface area contributed by atoms with Crippen molar-refractivity contribution < 1.29 is 18.7 Å². The number of rotatable bonds is 2. The molecule has 0 bridgehead atoms. The van der Waals surface area contributed by atoms with Crippen LogP contribution in [-0.4, -0.2) is 10.9 Å². The van der Waals surface area contributed by atoms with E-state index < -0.39 is 23.5 Å². The second-order valence-electron chi connectivity index (χ2n) is 2.75. The monoisotopic (exact) mass is 220 g/mol. The molecule has 0 amide bonds. The van der Waals surface area contributed by atoms with Crippen LogP contribution >= 0.6 is 11.6 Å². The molecule has 0 aliphatic rings. The normalized spacial score (nSPS) is 10.6. The molecule has 2 nitrogen and oxygen atoms in total. The first-order valence-corrected chi connectivity index (χ1v) is 4.12. The van der Waals surface area contributed by atoms with Gasteiger partial charge in [-0.3, -0.25) is 4.79 Å². The van der Waals surface area contributed by atoms with Crippen molar-refractivity contribution in [3.8, 4) is 5.75 Å². The van der Waals surface area contributed by atoms with Gasteiger partial charge in [-0.25, -0.2) is 8.78 Å². The summed E-state index contributed by atoms with van der Waals surface area (Å²) in [6, 6.07) is 1.82. The van der Waals surface area contributed by atoms with E-state index in [1.807, 2.05) is 0 Å². The third-order valence-electron chi connectivity index (χ3n) is 1.70. The molecule has 1 N–H and O–H groups in total. The first-order valence-electron chi connectivity index (χ1n) is 3.75. The van der Waals surface area contributed by atoms with Gasteiger partial charge in [-0.1, -0.05) is 11.6 Å². The van der Waals surface area contributed by atoms with Gasteiger partial charge in [-0.15, -0.1) is 0 Å². The Morgan fingerprint density at radius 2 is 2.07 bits per heavy atom. The van der Waals surface area contributed by atoms with Crippen molar-refractivity contribution in [1.82, 2.24) is 0 Å². The summed E-state index contributed by atoms with van der Waals surface area (Å²) in [5.41, 5.74) is -0.534. The largest absolute Gasteiger partial charge is 0.507 e. The van der Waals surface area contributed by atoms with Crippen LogP contribution in [0.4, 0.5) is 8.78 Å². The third-order valence-corrected chi connectivity index (χ3v) is 1.99. The summed E-state index contributed by atoms with van der Waals surface area (Å²) in [6.45, 7) is 1.20. The Balaban J connectivity index is 3.32. The van der Waals surface area contributed by atoms with Crippen LogP contribution in [0.5, 0.6) is 5.75 Å². The Bertz CT molecular complexity index is 354. The molecule has 76 valence electrons. The Morgan fingerprint density at radius 3 is 2.43 bits per heavy atom. The highest BCUT2D eigenvalue weighted by molar-refractivity contribution is 6.34. The van der Waals surface area contributed by atoms with Crippen molar-refractivity contribution in [2.75, 3.05) is 0 Å². The molecule has 0 spiro atoms. The first-order chi connectivity index (χ1) is 6.43. The van der Waals surface area contributed by atoms with Crippen LogP contribution in [0.15, 0.2) is 12.1 Å². The summed E-state index contributed by atoms with van der Waals surface area (Å²) in [4.78, 5) is 10.9. The number of benzene rings is 1. The van der Waals surface area contributed by atoms with Crippen LogP contribution in [0.3, 0.4) is 0 Å². The van der Waals surface area contributed by atoms with E-state index in [1.165, 1.54) is 6.92 Å². The van der Waals surface area contributed by atoms with E-state index in [0.29, 0.717) is 0 Å². The average Bonchev–Trinajstić information content (AvgIpc) is 2.01. The van der Waals surface area contributed by atoms with E-state index in [9.17, 15) is 18.7 Å². The van der Waals surface area contributed by atoms with Crippen LogP contribution in [0.25, 0.3) is 0 Å². The van der Waals surface area contributed by atoms with Gasteiger partial charge < -0.3 is 5.11 Å². The van der Waals surface area contributed by atoms with Crippen molar-refractivity contribution in [2.45, 2.75) is 13.3 Å². The molecule has 1 aromatic carbocycles. The second-order valence-corrected chi connectivity index (χ2v) is 3.16. The van der Waals surface area contributed by atoms with Crippen molar-refractivity contribution in [2.24, 2.45) is 0 Å². The number of carbonyl (C=O) groups is 1. The molecule has 0 heterocycles. The van der Waals surface area contributed by atoms with Crippen LogP contribution in [0.2, 0.25) is 5.02 Å². The number of ketones is 1. The molecule has 0 unspecified atom stereocenters. The molecule has 0 aliphatic heterocycles.